The number of amides is 2. The van der Waals surface area contributed by atoms with Crippen LogP contribution in [-0.4, -0.2) is 118 Å². The average Bonchev–Trinajstić information content (AvgIpc) is 3.50. The van der Waals surface area contributed by atoms with E-state index in [9.17, 15) is 26.8 Å². The minimum atomic E-state index is -4.18. The smallest absolute Gasteiger partial charge is 0.272 e. The van der Waals surface area contributed by atoms with E-state index in [-0.39, 0.29) is 44.2 Å². The molecule has 54 heavy (non-hydrogen) atoms. The molecule has 4 aliphatic heterocycles. The van der Waals surface area contributed by atoms with E-state index < -0.39 is 56.2 Å². The van der Waals surface area contributed by atoms with Crippen LogP contribution in [0.1, 0.15) is 67.4 Å². The van der Waals surface area contributed by atoms with Gasteiger partial charge in [-0.3, -0.25) is 19.4 Å². The highest BCUT2D eigenvalue weighted by Gasteiger charge is 2.46. The standard InChI is InChI=1S/C39H49ClF3N5O5S/c1-25-8-12-32(41)35(37(50)45(3)16-17-46-22-39(42,43)23-46)48-15-5-7-30(48)20-47-21-38(14-4-6-27-18-29(40)10-11-31(27)38)24-53-34-13-9-28(19-33(34)47)36(49)44-54(51,52)26(25)2/h9-13,18-19,25-26,30,35H,4-8,14-17,20-24H2,1-3H3,(H,44,49)/b32-12-/t25-,26+,30-,35+,38-/m0/s1. The van der Waals surface area contributed by atoms with Crippen molar-refractivity contribution in [1.29, 1.82) is 0 Å². The average molecular weight is 792 g/mol. The van der Waals surface area contributed by atoms with Crippen molar-refractivity contribution in [2.24, 2.45) is 5.92 Å². The summed E-state index contributed by atoms with van der Waals surface area (Å²) < 4.78 is 79.6. The first-order chi connectivity index (χ1) is 25.6. The summed E-state index contributed by atoms with van der Waals surface area (Å²) in [6, 6.07) is 9.33. The predicted octanol–water partition coefficient (Wildman–Crippen LogP) is 5.40. The molecule has 1 spiro atoms. The number of hydrogen-bond donors (Lipinski definition) is 1. The van der Waals surface area contributed by atoms with E-state index in [0.29, 0.717) is 55.5 Å². The lowest BCUT2D eigenvalue weighted by molar-refractivity contribution is -0.140. The molecule has 0 aromatic heterocycles. The van der Waals surface area contributed by atoms with Crippen molar-refractivity contribution in [3.05, 3.63) is 70.0 Å². The van der Waals surface area contributed by atoms with Gasteiger partial charge in [0.05, 0.1) is 30.6 Å². The Labute approximate surface area is 320 Å². The number of likely N-dealkylation sites (tertiary alicyclic amines) is 1. The molecule has 2 fully saturated rings. The van der Waals surface area contributed by atoms with Gasteiger partial charge in [-0.1, -0.05) is 30.7 Å². The Balaban J connectivity index is 1.28. The van der Waals surface area contributed by atoms with Gasteiger partial charge in [0, 0.05) is 55.3 Å². The first kappa shape index (κ1) is 38.9. The molecule has 2 amide bonds. The van der Waals surface area contributed by atoms with Crippen LogP contribution in [-0.2, 0) is 26.7 Å². The zero-order chi connectivity index (χ0) is 38.6. The number of carbonyl (C=O) groups is 2. The van der Waals surface area contributed by atoms with Gasteiger partial charge in [0.25, 0.3) is 11.8 Å². The van der Waals surface area contributed by atoms with Gasteiger partial charge in [-0.2, -0.15) is 0 Å². The van der Waals surface area contributed by atoms with Gasteiger partial charge in [0.15, 0.2) is 0 Å². The lowest BCUT2D eigenvalue weighted by Crippen LogP contribution is -2.58. The van der Waals surface area contributed by atoms with Crippen LogP contribution in [0.3, 0.4) is 0 Å². The molecule has 294 valence electrons. The van der Waals surface area contributed by atoms with Gasteiger partial charge < -0.3 is 14.5 Å². The molecule has 5 aliphatic rings. The number of benzene rings is 2. The van der Waals surface area contributed by atoms with Gasteiger partial charge in [-0.25, -0.2) is 26.3 Å². The Morgan fingerprint density at radius 1 is 1.11 bits per heavy atom. The maximum atomic E-state index is 16.7. The van der Waals surface area contributed by atoms with Gasteiger partial charge in [0.2, 0.25) is 15.9 Å². The van der Waals surface area contributed by atoms with E-state index in [0.717, 1.165) is 30.4 Å². The highest BCUT2D eigenvalue weighted by atomic mass is 35.5. The Morgan fingerprint density at radius 3 is 2.65 bits per heavy atom. The lowest BCUT2D eigenvalue weighted by atomic mass is 9.70. The third kappa shape index (κ3) is 7.72. The summed E-state index contributed by atoms with van der Waals surface area (Å²) in [5.41, 5.74) is 2.61. The summed E-state index contributed by atoms with van der Waals surface area (Å²) >= 11 is 6.44. The van der Waals surface area contributed by atoms with E-state index in [1.54, 1.807) is 37.1 Å². The minimum Gasteiger partial charge on any atom is -0.490 e. The number of nitrogens with one attached hydrogen (secondary N) is 1. The number of alkyl halides is 2. The Morgan fingerprint density at radius 2 is 1.89 bits per heavy atom. The first-order valence-corrected chi connectivity index (χ1v) is 20.8. The first-order valence-electron chi connectivity index (χ1n) is 18.9. The lowest BCUT2D eigenvalue weighted by Gasteiger charge is -2.43. The number of rotatable bonds is 4. The molecule has 2 bridgehead atoms. The summed E-state index contributed by atoms with van der Waals surface area (Å²) in [6.07, 6.45) is 5.31. The SMILES string of the molecule is C[C@@H]1[C@@H](C)C/C=C(\F)[C@H](C(=O)N(C)CCN2CC(F)(F)C2)N2CCC[C@H]2CN2C[C@@]3(CCCc4cc(Cl)ccc43)COc3ccc(cc32)C(=O)NS1(=O)=O. The Hall–Kier alpha value is -3.33. The Kier molecular flexibility index (Phi) is 10.8. The number of aryl methyl sites for hydroxylation is 1. The fraction of sp³-hybridized carbons (Fsp3) is 0.590. The van der Waals surface area contributed by atoms with Crippen molar-refractivity contribution in [2.75, 3.05) is 64.4 Å². The van der Waals surface area contributed by atoms with Gasteiger partial charge in [-0.15, -0.1) is 0 Å². The molecule has 1 aliphatic carbocycles. The second-order valence-electron chi connectivity index (χ2n) is 16.0. The molecule has 2 aromatic carbocycles. The van der Waals surface area contributed by atoms with Crippen LogP contribution in [0.2, 0.25) is 5.02 Å². The molecule has 0 unspecified atom stereocenters. The second-order valence-corrected chi connectivity index (χ2v) is 18.5. The topological polar surface area (TPSA) is 102 Å². The predicted molar refractivity (Wildman–Crippen MR) is 202 cm³/mol. The third-order valence-corrected chi connectivity index (χ3v) is 14.4. The molecular weight excluding hydrogens is 743 g/mol. The molecule has 0 saturated carbocycles. The van der Waals surface area contributed by atoms with Crippen molar-refractivity contribution in [3.63, 3.8) is 0 Å². The normalized spacial score (nSPS) is 30.8. The summed E-state index contributed by atoms with van der Waals surface area (Å²) in [7, 11) is -2.62. The fourth-order valence-corrected chi connectivity index (χ4v) is 10.4. The second kappa shape index (κ2) is 15.0. The number of hydrogen-bond acceptors (Lipinski definition) is 8. The number of anilines is 1. The van der Waals surface area contributed by atoms with Crippen LogP contribution in [0.5, 0.6) is 5.75 Å². The fourth-order valence-electron chi connectivity index (χ4n) is 8.89. The van der Waals surface area contributed by atoms with Crippen LogP contribution in [0.15, 0.2) is 48.3 Å². The number of allylic oxidation sites excluding steroid dienone is 1. The number of ether oxygens (including phenoxy) is 1. The summed E-state index contributed by atoms with van der Waals surface area (Å²) in [5.74, 6) is -4.74. The number of halogens is 4. The molecular formula is C39H49ClF3N5O5S. The van der Waals surface area contributed by atoms with Crippen LogP contribution in [0, 0.1) is 5.92 Å². The van der Waals surface area contributed by atoms with Gasteiger partial charge in [0.1, 0.15) is 17.6 Å². The number of nitrogens with zero attached hydrogens (tertiary/aromatic N) is 4. The van der Waals surface area contributed by atoms with Crippen LogP contribution < -0.4 is 14.4 Å². The van der Waals surface area contributed by atoms with Crippen LogP contribution in [0.4, 0.5) is 18.9 Å². The van der Waals surface area contributed by atoms with Crippen molar-refractivity contribution in [3.8, 4) is 5.75 Å². The van der Waals surface area contributed by atoms with Gasteiger partial charge in [-0.05, 0) is 99.4 Å². The van der Waals surface area contributed by atoms with Crippen LogP contribution in [0.25, 0.3) is 0 Å². The molecule has 2 aromatic rings. The quantitative estimate of drug-likeness (QED) is 0.440. The highest BCUT2D eigenvalue weighted by molar-refractivity contribution is 7.90. The zero-order valence-electron chi connectivity index (χ0n) is 31.0. The van der Waals surface area contributed by atoms with Crippen molar-refractivity contribution in [1.82, 2.24) is 19.4 Å². The molecule has 10 nitrogen and oxygen atoms in total. The van der Waals surface area contributed by atoms with E-state index >= 15 is 4.39 Å². The Bertz CT molecular complexity index is 1930. The van der Waals surface area contributed by atoms with Crippen molar-refractivity contribution in [2.45, 2.75) is 81.0 Å². The maximum absolute atomic E-state index is 16.7. The van der Waals surface area contributed by atoms with Gasteiger partial charge >= 0.3 is 0 Å². The maximum Gasteiger partial charge on any atom is 0.272 e. The largest absolute Gasteiger partial charge is 0.490 e. The third-order valence-electron chi connectivity index (χ3n) is 12.2. The summed E-state index contributed by atoms with van der Waals surface area (Å²) in [5, 5.41) is -0.409. The van der Waals surface area contributed by atoms with E-state index in [1.807, 2.05) is 17.0 Å². The van der Waals surface area contributed by atoms with E-state index in [1.165, 1.54) is 17.9 Å². The summed E-state index contributed by atoms with van der Waals surface area (Å²) in [6.45, 7) is 4.45. The molecule has 2 saturated heterocycles. The molecule has 5 atom stereocenters. The van der Waals surface area contributed by atoms with E-state index in [2.05, 4.69) is 15.7 Å². The number of sulfonamides is 1. The van der Waals surface area contributed by atoms with E-state index in [4.69, 9.17) is 16.3 Å². The summed E-state index contributed by atoms with van der Waals surface area (Å²) in [4.78, 5) is 34.9. The molecule has 1 N–H and O–H groups in total. The number of carbonyl (C=O) groups excluding carboxylic acids is 2. The van der Waals surface area contributed by atoms with Crippen LogP contribution >= 0.6 is 11.6 Å². The number of likely N-dealkylation sites (N-methyl/N-ethyl adjacent to an activating group) is 1. The van der Waals surface area contributed by atoms with Crippen molar-refractivity contribution >= 4 is 39.1 Å². The monoisotopic (exact) mass is 791 g/mol. The zero-order valence-corrected chi connectivity index (χ0v) is 32.6. The molecule has 0 radical (unpaired) electrons. The molecule has 4 heterocycles. The minimum absolute atomic E-state index is 0.00517. The molecule has 15 heteroatoms. The van der Waals surface area contributed by atoms with Crippen molar-refractivity contribution < 1.29 is 35.9 Å². The number of fused-ring (bicyclic) bond motifs is 4. The molecule has 7 rings (SSSR count). The highest BCUT2D eigenvalue weighted by Crippen LogP contribution is 2.45.